The van der Waals surface area contributed by atoms with Crippen LogP contribution in [0.1, 0.15) is 0 Å². The molecule has 12 aromatic heterocycles. The van der Waals surface area contributed by atoms with Gasteiger partial charge >= 0.3 is 0 Å². The molecule has 0 amide bonds. The predicted molar refractivity (Wildman–Crippen MR) is 539 cm³/mol. The van der Waals surface area contributed by atoms with Crippen LogP contribution in [-0.4, -0.2) is 58.6 Å². The monoisotopic (exact) mass is 1730 g/mol. The number of hydrogen-bond donors (Lipinski definition) is 0. The summed E-state index contributed by atoms with van der Waals surface area (Å²) >= 11 is 0. The van der Waals surface area contributed by atoms with Crippen molar-refractivity contribution in [3.63, 3.8) is 0 Å². The molecule has 18 nitrogen and oxygen atoms in total. The minimum atomic E-state index is 0.545. The highest BCUT2D eigenvalue weighted by Gasteiger charge is 2.28. The average molecular weight is 1740 g/mol. The molecule has 0 aliphatic heterocycles. The highest BCUT2D eigenvalue weighted by molar-refractivity contribution is 6.29. The van der Waals surface area contributed by atoms with Crippen molar-refractivity contribution in [2.45, 2.75) is 0 Å². The lowest BCUT2D eigenvalue weighted by molar-refractivity contribution is 0.633. The molecular weight excluding hydrogens is 1670 g/mol. The average Bonchev–Trinajstić information content (AvgIpc) is 1.56. The van der Waals surface area contributed by atoms with Crippen molar-refractivity contribution in [1.29, 1.82) is 0 Å². The van der Waals surface area contributed by atoms with Crippen LogP contribution in [0, 0.1) is 0 Å². The van der Waals surface area contributed by atoms with E-state index in [-0.39, 0.29) is 0 Å². The van der Waals surface area contributed by atoms with Crippen molar-refractivity contribution >= 4 is 197 Å². The maximum atomic E-state index is 6.62. The van der Waals surface area contributed by atoms with Crippen molar-refractivity contribution in [2.75, 3.05) is 0 Å². The van der Waals surface area contributed by atoms with Gasteiger partial charge in [-0.2, -0.15) is 29.9 Å². The second-order valence-electron chi connectivity index (χ2n) is 33.8. The van der Waals surface area contributed by atoms with Crippen LogP contribution in [0.5, 0.6) is 0 Å². The lowest BCUT2D eigenvalue weighted by Crippen LogP contribution is -2.06. The Morgan fingerprint density at radius 2 is 0.385 bits per heavy atom. The standard InChI is InChI=1S/3C39H22N4O2/c1-3-11-23(12-4-1)37-40-38(24-13-5-2-6-14-24)42-39(41-37)43-31-17-9-7-15-25(31)27-19-29-30-20-28-26-16-8-10-18-33(26)44-35(28)22-36(30)45-34(29)21-32(27)43;1-3-11-23(12-4-1)37-40-38(24-13-5-2-6-14-24)42-39(41-37)43-29-17-9-7-15-25(29)27-21-28-34(22-30(27)43)45-33-20-19-32-35(36(28)33)26-16-8-10-18-31(26)44-32;1-3-11-23(12-4-1)37-40-38(24-13-5-2-6-14-24)42-39(41-37)43-31-17-9-7-15-25(31)29-21-30-28-20-19-27-26-16-8-10-18-33(26)44-35(27)36(28)45-34(30)22-32(29)43/h3*1-22H. The Kier molecular flexibility index (Phi) is 16.6. The number of para-hydroxylation sites is 6. The number of hydrogen-bond acceptors (Lipinski definition) is 15. The Hall–Kier alpha value is -18.8. The molecule has 0 saturated carbocycles. The number of benzene rings is 18. The third-order valence-electron chi connectivity index (χ3n) is 26.0. The molecule has 0 spiro atoms. The van der Waals surface area contributed by atoms with Gasteiger partial charge in [-0.05, 0) is 84.9 Å². The predicted octanol–water partition coefficient (Wildman–Crippen LogP) is 30.3. The summed E-state index contributed by atoms with van der Waals surface area (Å²) in [4.78, 5) is 45.1. The molecule has 0 N–H and O–H groups in total. The molecule has 12 heterocycles. The van der Waals surface area contributed by atoms with E-state index in [0.29, 0.717) is 52.8 Å². The van der Waals surface area contributed by atoms with Gasteiger partial charge in [-0.25, -0.2) is 15.0 Å². The van der Waals surface area contributed by atoms with Crippen molar-refractivity contribution in [3.8, 4) is 86.2 Å². The number of fused-ring (bicyclic) bond motifs is 29. The second kappa shape index (κ2) is 29.9. The first kappa shape index (κ1) is 75.2. The van der Waals surface area contributed by atoms with E-state index in [2.05, 4.69) is 153 Å². The molecule has 30 aromatic rings. The van der Waals surface area contributed by atoms with E-state index in [1.54, 1.807) is 0 Å². The molecule has 0 bridgehead atoms. The summed E-state index contributed by atoms with van der Waals surface area (Å²) in [6, 6.07) is 135. The smallest absolute Gasteiger partial charge is 0.238 e. The zero-order valence-corrected chi connectivity index (χ0v) is 71.4. The maximum absolute atomic E-state index is 6.62. The Morgan fingerprint density at radius 1 is 0.141 bits per heavy atom. The highest BCUT2D eigenvalue weighted by Crippen LogP contribution is 2.48. The SMILES string of the molecule is c1ccc(-c2nc(-c3ccccc3)nc(-n3c4ccccc4c4cc5c(cc43)oc3c5ccc4c5ccccc5oc43)n2)cc1.c1ccc(-c2nc(-c3ccccc3)nc(-n3c4ccccc4c4cc5c(cc43)oc3cc4oc6ccccc6c4cc35)n2)cc1.c1ccc(-c2nc(-c3ccccc3)nc(-n3c4ccccc4c4cc5c(cc43)oc3ccc4oc6ccccc6c4c35)n2)cc1. The summed E-state index contributed by atoms with van der Waals surface area (Å²) in [5.74, 6) is 5.33. The molecule has 0 unspecified atom stereocenters. The Morgan fingerprint density at radius 3 is 0.785 bits per heavy atom. The minimum absolute atomic E-state index is 0.545. The van der Waals surface area contributed by atoms with E-state index in [4.69, 9.17) is 71.4 Å². The quantitative estimate of drug-likeness (QED) is 0.132. The fourth-order valence-electron chi connectivity index (χ4n) is 19.8. The van der Waals surface area contributed by atoms with E-state index in [1.807, 2.05) is 261 Å². The molecule has 18 heteroatoms. The third-order valence-corrected chi connectivity index (χ3v) is 26.0. The van der Waals surface area contributed by atoms with Crippen LogP contribution >= 0.6 is 0 Å². The molecule has 18 aromatic carbocycles. The summed E-state index contributed by atoms with van der Waals surface area (Å²) < 4.78 is 44.8. The van der Waals surface area contributed by atoms with Crippen LogP contribution in [0.25, 0.3) is 283 Å². The Bertz CT molecular complexity index is 9930. The van der Waals surface area contributed by atoms with Gasteiger partial charge in [-0.3, -0.25) is 13.7 Å². The van der Waals surface area contributed by atoms with Gasteiger partial charge in [0, 0.05) is 155 Å². The maximum Gasteiger partial charge on any atom is 0.238 e. The number of aromatic nitrogens is 12. The minimum Gasteiger partial charge on any atom is -0.456 e. The van der Waals surface area contributed by atoms with Crippen LogP contribution in [0.3, 0.4) is 0 Å². The first-order valence-corrected chi connectivity index (χ1v) is 44.6. The summed E-state index contributed by atoms with van der Waals surface area (Å²) in [6.45, 7) is 0. The first-order chi connectivity index (χ1) is 66.9. The van der Waals surface area contributed by atoms with Crippen LogP contribution in [0.4, 0.5) is 0 Å². The van der Waals surface area contributed by atoms with Gasteiger partial charge < -0.3 is 26.5 Å². The highest BCUT2D eigenvalue weighted by atomic mass is 16.4. The van der Waals surface area contributed by atoms with Gasteiger partial charge in [0.1, 0.15) is 55.8 Å². The van der Waals surface area contributed by atoms with E-state index >= 15 is 0 Å². The van der Waals surface area contributed by atoms with Crippen molar-refractivity contribution in [3.05, 3.63) is 400 Å². The van der Waals surface area contributed by atoms with E-state index in [9.17, 15) is 0 Å². The molecule has 30 rings (SSSR count). The van der Waals surface area contributed by atoms with E-state index in [1.165, 1.54) is 0 Å². The molecule has 0 saturated heterocycles. The summed E-state index contributed by atoms with van der Waals surface area (Å²) in [6.07, 6.45) is 0. The van der Waals surface area contributed by atoms with E-state index in [0.717, 1.165) is 230 Å². The van der Waals surface area contributed by atoms with Crippen LogP contribution < -0.4 is 0 Å². The largest absolute Gasteiger partial charge is 0.456 e. The van der Waals surface area contributed by atoms with Gasteiger partial charge in [0.25, 0.3) is 0 Å². The van der Waals surface area contributed by atoms with Crippen molar-refractivity contribution in [1.82, 2.24) is 58.6 Å². The van der Waals surface area contributed by atoms with Crippen LogP contribution in [0.2, 0.25) is 0 Å². The van der Waals surface area contributed by atoms with Gasteiger partial charge in [-0.1, -0.05) is 291 Å². The summed E-state index contributed by atoms with van der Waals surface area (Å²) in [7, 11) is 0. The molecule has 0 radical (unpaired) electrons. The first-order valence-electron chi connectivity index (χ1n) is 44.6. The van der Waals surface area contributed by atoms with E-state index < -0.39 is 0 Å². The molecule has 0 aliphatic carbocycles. The molecule has 0 fully saturated rings. The summed E-state index contributed by atoms with van der Waals surface area (Å²) in [5.41, 5.74) is 21.2. The van der Waals surface area contributed by atoms with Gasteiger partial charge in [0.15, 0.2) is 46.1 Å². The molecule has 0 atom stereocenters. The van der Waals surface area contributed by atoms with Crippen molar-refractivity contribution < 1.29 is 26.5 Å². The fourth-order valence-corrected chi connectivity index (χ4v) is 19.8. The fraction of sp³-hybridized carbons (Fsp3) is 0. The zero-order chi connectivity index (χ0) is 88.5. The second-order valence-corrected chi connectivity index (χ2v) is 33.8. The number of nitrogens with zero attached hydrogens (tertiary/aromatic N) is 12. The van der Waals surface area contributed by atoms with Crippen LogP contribution in [-0.2, 0) is 0 Å². The van der Waals surface area contributed by atoms with Gasteiger partial charge in [0.05, 0.1) is 33.1 Å². The molecule has 630 valence electrons. The normalized spacial score (nSPS) is 12.0. The zero-order valence-electron chi connectivity index (χ0n) is 71.4. The van der Waals surface area contributed by atoms with Crippen molar-refractivity contribution in [2.24, 2.45) is 0 Å². The molecule has 0 aliphatic rings. The Balaban J connectivity index is 0.000000101. The number of rotatable bonds is 9. The lowest BCUT2D eigenvalue weighted by Gasteiger charge is -2.10. The Labute approximate surface area is 763 Å². The third kappa shape index (κ3) is 12.1. The number of furan rings is 6. The summed E-state index contributed by atoms with van der Waals surface area (Å²) in [5, 5.41) is 19.3. The topological polar surface area (TPSA) is 210 Å². The lowest BCUT2D eigenvalue weighted by atomic mass is 10.0. The van der Waals surface area contributed by atoms with Gasteiger partial charge in [-0.15, -0.1) is 0 Å². The molecule has 135 heavy (non-hydrogen) atoms. The van der Waals surface area contributed by atoms with Gasteiger partial charge in [0.2, 0.25) is 17.8 Å². The van der Waals surface area contributed by atoms with Crippen LogP contribution in [0.15, 0.2) is 427 Å². The molecular formula is C117H66N12O6.